The number of anilines is 1. The molecule has 1 aromatic carbocycles. The molecule has 1 unspecified atom stereocenters. The molecule has 31 heavy (non-hydrogen) atoms. The second kappa shape index (κ2) is 9.21. The van der Waals surface area contributed by atoms with Crippen molar-refractivity contribution in [2.45, 2.75) is 31.6 Å². The molecule has 160 valence electrons. The normalized spacial score (nSPS) is 16.0. The number of hydrogen-bond donors (Lipinski definition) is 3. The lowest BCUT2D eigenvalue weighted by Crippen LogP contribution is -2.17. The Labute approximate surface area is 177 Å². The third-order valence-corrected chi connectivity index (χ3v) is 4.95. The summed E-state index contributed by atoms with van der Waals surface area (Å²) in [6.45, 7) is 0. The molecule has 1 aliphatic heterocycles. The molecule has 0 spiro atoms. The van der Waals surface area contributed by atoms with Gasteiger partial charge < -0.3 is 14.6 Å². The molecule has 0 amide bonds. The van der Waals surface area contributed by atoms with Gasteiger partial charge in [-0.05, 0) is 37.0 Å². The highest BCUT2D eigenvalue weighted by molar-refractivity contribution is 5.70. The molecule has 0 radical (unpaired) electrons. The average molecular weight is 422 g/mol. The van der Waals surface area contributed by atoms with Crippen molar-refractivity contribution >= 4 is 11.7 Å². The zero-order chi connectivity index (χ0) is 21.6. The van der Waals surface area contributed by atoms with E-state index in [0.29, 0.717) is 29.1 Å². The number of nitrogens with one attached hydrogen (secondary N) is 2. The molecule has 1 atom stereocenters. The van der Waals surface area contributed by atoms with E-state index in [-0.39, 0.29) is 12.0 Å². The molecule has 0 bridgehead atoms. The van der Waals surface area contributed by atoms with Crippen LogP contribution in [0.2, 0.25) is 0 Å². The number of carboxylic acid groups (broad SMARTS) is 1. The largest absolute Gasteiger partial charge is 0.481 e. The van der Waals surface area contributed by atoms with Crippen LogP contribution in [0.5, 0.6) is 0 Å². The summed E-state index contributed by atoms with van der Waals surface area (Å²) in [6.07, 6.45) is 12.9. The highest BCUT2D eigenvalue weighted by atomic mass is 16.5. The van der Waals surface area contributed by atoms with E-state index < -0.39 is 11.9 Å². The Hall–Kier alpha value is -4.01. The summed E-state index contributed by atoms with van der Waals surface area (Å²) in [5.41, 5.74) is 5.46. The Morgan fingerprint density at radius 2 is 2.13 bits per heavy atom. The Kier molecular flexibility index (Phi) is 6.02. The molecule has 3 N–H and O–H groups in total. The van der Waals surface area contributed by atoms with Crippen LogP contribution in [0.3, 0.4) is 0 Å². The van der Waals surface area contributed by atoms with Crippen LogP contribution in [0.1, 0.15) is 36.4 Å². The van der Waals surface area contributed by atoms with Crippen LogP contribution in [0, 0.1) is 0 Å². The number of aromatic nitrogens is 3. The number of H-pyrrole nitrogens is 1. The lowest BCUT2D eigenvalue weighted by molar-refractivity contribution is -0.136. The minimum Gasteiger partial charge on any atom is -0.481 e. The minimum atomic E-state index is -0.894. The number of hydrogen-bond acceptors (Lipinski definition) is 6. The number of carboxylic acids is 1. The number of nitrogens with zero attached hydrogens (tertiary/aromatic N) is 2. The SMILES string of the molecule is O=C(O)Cc1ccc(Nn2nc(C(CC3=CC=CCC3)C3=COC=CO3)c(=O)[nH]2)cc1. The zero-order valence-electron chi connectivity index (χ0n) is 16.7. The smallest absolute Gasteiger partial charge is 0.307 e. The van der Waals surface area contributed by atoms with E-state index in [2.05, 4.69) is 27.8 Å². The molecule has 0 saturated heterocycles. The summed E-state index contributed by atoms with van der Waals surface area (Å²) in [6, 6.07) is 6.85. The molecule has 0 saturated carbocycles. The second-order valence-electron chi connectivity index (χ2n) is 7.21. The standard InChI is InChI=1S/C22H22N4O5/c27-20(28)13-16-6-8-17(9-7-16)23-26-24-21(22(29)25-26)18(19-14-30-10-11-31-19)12-15-4-2-1-3-5-15/h1-2,4,6-11,14,18,23H,3,5,12-13H2,(H,25,29)(H,27,28). The van der Waals surface area contributed by atoms with Crippen LogP contribution in [-0.2, 0) is 20.7 Å². The summed E-state index contributed by atoms with van der Waals surface area (Å²) in [7, 11) is 0. The van der Waals surface area contributed by atoms with E-state index in [1.165, 1.54) is 29.3 Å². The fraction of sp³-hybridized carbons (Fsp3) is 0.227. The molecule has 2 aliphatic rings. The van der Waals surface area contributed by atoms with Gasteiger partial charge in [0.2, 0.25) is 0 Å². The summed E-state index contributed by atoms with van der Waals surface area (Å²) in [4.78, 5) is 24.8. The van der Waals surface area contributed by atoms with Gasteiger partial charge in [0, 0.05) is 0 Å². The molecular weight excluding hydrogens is 400 g/mol. The number of carbonyl (C=O) groups is 1. The predicted octanol–water partition coefficient (Wildman–Crippen LogP) is 3.18. The topological polar surface area (TPSA) is 118 Å². The van der Waals surface area contributed by atoms with Crippen LogP contribution >= 0.6 is 0 Å². The van der Waals surface area contributed by atoms with Crippen molar-refractivity contribution in [3.8, 4) is 0 Å². The molecule has 4 rings (SSSR count). The Morgan fingerprint density at radius 3 is 2.81 bits per heavy atom. The summed E-state index contributed by atoms with van der Waals surface area (Å²) in [5, 5.41) is 16.0. The second-order valence-corrected chi connectivity index (χ2v) is 7.21. The van der Waals surface area contributed by atoms with Crippen molar-refractivity contribution in [3.05, 3.63) is 94.2 Å². The van der Waals surface area contributed by atoms with E-state index in [1.54, 1.807) is 24.3 Å². The van der Waals surface area contributed by atoms with Gasteiger partial charge in [-0.15, -0.1) is 10.0 Å². The first-order chi connectivity index (χ1) is 15.1. The third kappa shape index (κ3) is 5.13. The van der Waals surface area contributed by atoms with Crippen molar-refractivity contribution in [2.24, 2.45) is 0 Å². The van der Waals surface area contributed by atoms with E-state index in [4.69, 9.17) is 14.6 Å². The molecule has 0 fully saturated rings. The molecule has 1 aromatic heterocycles. The van der Waals surface area contributed by atoms with Crippen molar-refractivity contribution in [2.75, 3.05) is 5.43 Å². The lowest BCUT2D eigenvalue weighted by atomic mass is 9.90. The maximum atomic E-state index is 12.7. The van der Waals surface area contributed by atoms with E-state index in [9.17, 15) is 9.59 Å². The van der Waals surface area contributed by atoms with Gasteiger partial charge in [0.05, 0.1) is 18.0 Å². The number of benzene rings is 1. The van der Waals surface area contributed by atoms with Gasteiger partial charge in [0.25, 0.3) is 5.56 Å². The van der Waals surface area contributed by atoms with Gasteiger partial charge in [-0.25, -0.2) is 5.10 Å². The molecule has 9 nitrogen and oxygen atoms in total. The van der Waals surface area contributed by atoms with Crippen molar-refractivity contribution in [1.82, 2.24) is 15.1 Å². The first-order valence-corrected chi connectivity index (χ1v) is 9.87. The van der Waals surface area contributed by atoms with E-state index in [0.717, 1.165) is 12.8 Å². The average Bonchev–Trinajstić information content (AvgIpc) is 3.14. The number of ether oxygens (including phenoxy) is 2. The third-order valence-electron chi connectivity index (χ3n) is 4.95. The van der Waals surface area contributed by atoms with Crippen LogP contribution in [0.4, 0.5) is 5.69 Å². The van der Waals surface area contributed by atoms with Crippen LogP contribution in [0.25, 0.3) is 0 Å². The molecule has 1 aliphatic carbocycles. The van der Waals surface area contributed by atoms with E-state index >= 15 is 0 Å². The highest BCUT2D eigenvalue weighted by Gasteiger charge is 2.27. The van der Waals surface area contributed by atoms with Gasteiger partial charge in [-0.1, -0.05) is 35.9 Å². The van der Waals surface area contributed by atoms with Gasteiger partial charge in [0.1, 0.15) is 30.2 Å². The predicted molar refractivity (Wildman–Crippen MR) is 113 cm³/mol. The molecule has 2 aromatic rings. The first kappa shape index (κ1) is 20.3. The minimum absolute atomic E-state index is 0.0542. The number of aromatic amines is 1. The number of allylic oxidation sites excluding steroid dienone is 5. The number of aliphatic carboxylic acids is 1. The lowest BCUT2D eigenvalue weighted by Gasteiger charge is -2.20. The molecular formula is C22H22N4O5. The van der Waals surface area contributed by atoms with Crippen molar-refractivity contribution in [3.63, 3.8) is 0 Å². The van der Waals surface area contributed by atoms with Gasteiger partial charge in [0.15, 0.2) is 0 Å². The Balaban J connectivity index is 1.56. The quantitative estimate of drug-likeness (QED) is 0.598. The Morgan fingerprint density at radius 1 is 1.29 bits per heavy atom. The highest BCUT2D eigenvalue weighted by Crippen LogP contribution is 2.32. The molecule has 2 heterocycles. The van der Waals surface area contributed by atoms with Crippen LogP contribution < -0.4 is 11.0 Å². The van der Waals surface area contributed by atoms with E-state index in [1.807, 2.05) is 6.08 Å². The number of rotatable bonds is 8. The summed E-state index contributed by atoms with van der Waals surface area (Å²) in [5.74, 6) is -0.798. The fourth-order valence-corrected chi connectivity index (χ4v) is 3.46. The van der Waals surface area contributed by atoms with Gasteiger partial charge >= 0.3 is 5.97 Å². The van der Waals surface area contributed by atoms with Crippen LogP contribution in [0.15, 0.2) is 77.4 Å². The van der Waals surface area contributed by atoms with Crippen LogP contribution in [-0.4, -0.2) is 26.2 Å². The summed E-state index contributed by atoms with van der Waals surface area (Å²) < 4.78 is 10.9. The first-order valence-electron chi connectivity index (χ1n) is 9.87. The molecule has 9 heteroatoms. The Bertz CT molecular complexity index is 1120. The van der Waals surface area contributed by atoms with Gasteiger partial charge in [-0.2, -0.15) is 0 Å². The monoisotopic (exact) mass is 422 g/mol. The van der Waals surface area contributed by atoms with Gasteiger partial charge in [-0.3, -0.25) is 15.0 Å². The fourth-order valence-electron chi connectivity index (χ4n) is 3.46. The van der Waals surface area contributed by atoms with Crippen molar-refractivity contribution in [1.29, 1.82) is 0 Å². The maximum absolute atomic E-state index is 12.7. The maximum Gasteiger partial charge on any atom is 0.307 e. The van der Waals surface area contributed by atoms with Crippen molar-refractivity contribution < 1.29 is 19.4 Å². The summed E-state index contributed by atoms with van der Waals surface area (Å²) >= 11 is 0. The zero-order valence-corrected chi connectivity index (χ0v) is 16.7.